The van der Waals surface area contributed by atoms with Crippen molar-refractivity contribution in [3.63, 3.8) is 0 Å². The maximum atomic E-state index is 12.8. The highest BCUT2D eigenvalue weighted by atomic mass is 32.2. The second-order valence-corrected chi connectivity index (χ2v) is 8.96. The van der Waals surface area contributed by atoms with Crippen molar-refractivity contribution in [3.8, 4) is 5.75 Å². The zero-order chi connectivity index (χ0) is 21.8. The van der Waals surface area contributed by atoms with Crippen LogP contribution in [0.15, 0.2) is 53.7 Å². The first-order valence-corrected chi connectivity index (χ1v) is 11.5. The monoisotopic (exact) mass is 454 g/mol. The van der Waals surface area contributed by atoms with E-state index >= 15 is 0 Å². The van der Waals surface area contributed by atoms with E-state index in [9.17, 15) is 4.79 Å². The van der Waals surface area contributed by atoms with Crippen LogP contribution in [0, 0.1) is 0 Å². The predicted octanol–water partition coefficient (Wildman–Crippen LogP) is 3.65. The number of aromatic nitrogens is 5. The van der Waals surface area contributed by atoms with E-state index in [-0.39, 0.29) is 17.7 Å². The van der Waals surface area contributed by atoms with Crippen molar-refractivity contribution in [2.45, 2.75) is 24.7 Å². The maximum absolute atomic E-state index is 12.8. The van der Waals surface area contributed by atoms with Crippen LogP contribution in [-0.2, 0) is 11.3 Å². The second kappa shape index (κ2) is 9.44. The van der Waals surface area contributed by atoms with Crippen LogP contribution in [-0.4, -0.2) is 55.9 Å². The number of rotatable bonds is 8. The molecule has 160 valence electrons. The van der Waals surface area contributed by atoms with Gasteiger partial charge < -0.3 is 9.64 Å². The van der Waals surface area contributed by atoms with Gasteiger partial charge in [0, 0.05) is 7.05 Å². The molecule has 8 nitrogen and oxygen atoms in total. The van der Waals surface area contributed by atoms with Crippen molar-refractivity contribution in [1.82, 2.24) is 30.1 Å². The van der Waals surface area contributed by atoms with Crippen molar-refractivity contribution in [2.24, 2.45) is 0 Å². The molecule has 0 saturated carbocycles. The van der Waals surface area contributed by atoms with Crippen molar-refractivity contribution in [1.29, 1.82) is 0 Å². The second-order valence-electron chi connectivity index (χ2n) is 6.96. The van der Waals surface area contributed by atoms with Crippen LogP contribution < -0.4 is 4.74 Å². The summed E-state index contributed by atoms with van der Waals surface area (Å²) in [5.41, 5.74) is 2.00. The lowest BCUT2D eigenvalue weighted by Crippen LogP contribution is -2.31. The number of hydrogen-bond donors (Lipinski definition) is 0. The Bertz CT molecular complexity index is 1140. The lowest BCUT2D eigenvalue weighted by Gasteiger charge is -2.23. The number of para-hydroxylation sites is 1. The molecule has 0 radical (unpaired) electrons. The number of tetrazole rings is 1. The normalized spacial score (nSPS) is 12.1. The van der Waals surface area contributed by atoms with Gasteiger partial charge in [0.05, 0.1) is 35.7 Å². The van der Waals surface area contributed by atoms with Gasteiger partial charge in [-0.1, -0.05) is 36.0 Å². The third-order valence-corrected chi connectivity index (χ3v) is 7.11. The third kappa shape index (κ3) is 4.86. The molecule has 0 spiro atoms. The smallest absolute Gasteiger partial charge is 0.233 e. The number of benzene rings is 2. The van der Waals surface area contributed by atoms with Gasteiger partial charge in [0.15, 0.2) is 0 Å². The van der Waals surface area contributed by atoms with E-state index in [4.69, 9.17) is 4.74 Å². The zero-order valence-corrected chi connectivity index (χ0v) is 19.1. The van der Waals surface area contributed by atoms with Crippen molar-refractivity contribution in [2.75, 3.05) is 19.9 Å². The summed E-state index contributed by atoms with van der Waals surface area (Å²) in [7, 11) is 3.44. The fourth-order valence-corrected chi connectivity index (χ4v) is 4.84. The highest BCUT2D eigenvalue weighted by molar-refractivity contribution is 7.99. The Hall–Kier alpha value is -2.98. The largest absolute Gasteiger partial charge is 0.497 e. The Balaban J connectivity index is 1.37. The quantitative estimate of drug-likeness (QED) is 0.376. The number of nitrogens with zero attached hydrogens (tertiary/aromatic N) is 6. The van der Waals surface area contributed by atoms with Gasteiger partial charge in [-0.3, -0.25) is 4.79 Å². The topological polar surface area (TPSA) is 86.0 Å². The summed E-state index contributed by atoms with van der Waals surface area (Å²) in [6, 6.07) is 15.6. The van der Waals surface area contributed by atoms with Crippen LogP contribution in [0.5, 0.6) is 5.75 Å². The van der Waals surface area contributed by atoms with E-state index < -0.39 is 0 Å². The van der Waals surface area contributed by atoms with E-state index in [1.807, 2.05) is 55.5 Å². The van der Waals surface area contributed by atoms with E-state index in [0.29, 0.717) is 11.7 Å². The molecular weight excluding hydrogens is 432 g/mol. The molecule has 2 aromatic carbocycles. The highest BCUT2D eigenvalue weighted by Crippen LogP contribution is 2.29. The molecule has 2 aromatic heterocycles. The molecule has 0 fully saturated rings. The average Bonchev–Trinajstić information content (AvgIpc) is 3.43. The van der Waals surface area contributed by atoms with Crippen LogP contribution in [0.2, 0.25) is 0 Å². The summed E-state index contributed by atoms with van der Waals surface area (Å²) in [6.07, 6.45) is 0. The number of fused-ring (bicyclic) bond motifs is 1. The first-order chi connectivity index (χ1) is 15.0. The third-order valence-electron chi connectivity index (χ3n) is 4.96. The van der Waals surface area contributed by atoms with E-state index in [0.717, 1.165) is 26.5 Å². The highest BCUT2D eigenvalue weighted by Gasteiger charge is 2.21. The predicted molar refractivity (Wildman–Crippen MR) is 121 cm³/mol. The number of thioether (sulfide) groups is 1. The summed E-state index contributed by atoms with van der Waals surface area (Å²) in [4.78, 5) is 19.2. The van der Waals surface area contributed by atoms with Gasteiger partial charge in [-0.25, -0.2) is 9.67 Å². The van der Waals surface area contributed by atoms with Gasteiger partial charge in [-0.05, 0) is 47.2 Å². The molecular formula is C21H22N6O2S2. The molecule has 31 heavy (non-hydrogen) atoms. The molecule has 0 N–H and O–H groups in total. The van der Waals surface area contributed by atoms with E-state index in [1.54, 1.807) is 35.1 Å². The minimum Gasteiger partial charge on any atom is -0.497 e. The van der Waals surface area contributed by atoms with Crippen molar-refractivity contribution < 1.29 is 9.53 Å². The van der Waals surface area contributed by atoms with E-state index in [1.165, 1.54) is 11.8 Å². The zero-order valence-electron chi connectivity index (χ0n) is 17.4. The van der Waals surface area contributed by atoms with Gasteiger partial charge in [-0.2, -0.15) is 0 Å². The Morgan fingerprint density at radius 3 is 2.74 bits per heavy atom. The fraction of sp³-hybridized carbons (Fsp3) is 0.286. The van der Waals surface area contributed by atoms with E-state index in [2.05, 4.69) is 20.5 Å². The Kier molecular flexibility index (Phi) is 6.47. The SMILES string of the molecule is COc1ccc(Cn2nnnc2SCC(=O)N(C)[C@H](C)c2nc3ccccc3s2)cc1. The fourth-order valence-electron chi connectivity index (χ4n) is 2.98. The van der Waals surface area contributed by atoms with Gasteiger partial charge >= 0.3 is 0 Å². The summed E-state index contributed by atoms with van der Waals surface area (Å²) < 4.78 is 8.00. The van der Waals surface area contributed by atoms with Crippen LogP contribution >= 0.6 is 23.1 Å². The molecule has 0 aliphatic rings. The van der Waals surface area contributed by atoms with Gasteiger partial charge in [0.1, 0.15) is 10.8 Å². The molecule has 2 heterocycles. The van der Waals surface area contributed by atoms with Crippen LogP contribution in [0.4, 0.5) is 0 Å². The minimum absolute atomic E-state index is 0.00393. The van der Waals surface area contributed by atoms with Crippen molar-refractivity contribution in [3.05, 3.63) is 59.1 Å². The average molecular weight is 455 g/mol. The first-order valence-electron chi connectivity index (χ1n) is 9.68. The molecule has 4 aromatic rings. The number of carbonyl (C=O) groups excluding carboxylic acids is 1. The lowest BCUT2D eigenvalue weighted by atomic mass is 10.2. The van der Waals surface area contributed by atoms with Gasteiger partial charge in [0.2, 0.25) is 11.1 Å². The first kappa shape index (κ1) is 21.3. The van der Waals surface area contributed by atoms with Gasteiger partial charge in [-0.15, -0.1) is 16.4 Å². The molecule has 10 heteroatoms. The summed E-state index contributed by atoms with van der Waals surface area (Å²) in [5, 5.41) is 13.4. The summed E-state index contributed by atoms with van der Waals surface area (Å²) in [6.45, 7) is 2.51. The van der Waals surface area contributed by atoms with Crippen LogP contribution in [0.3, 0.4) is 0 Å². The maximum Gasteiger partial charge on any atom is 0.233 e. The molecule has 1 amide bonds. The number of thiazole rings is 1. The molecule has 0 saturated heterocycles. The number of carbonyl (C=O) groups is 1. The minimum atomic E-state index is -0.110. The molecule has 0 aliphatic heterocycles. The Morgan fingerprint density at radius 1 is 1.23 bits per heavy atom. The summed E-state index contributed by atoms with van der Waals surface area (Å²) >= 11 is 2.94. The number of amides is 1. The van der Waals surface area contributed by atoms with Crippen LogP contribution in [0.1, 0.15) is 23.5 Å². The lowest BCUT2D eigenvalue weighted by molar-refractivity contribution is -0.128. The molecule has 4 rings (SSSR count). The number of hydrogen-bond acceptors (Lipinski definition) is 8. The molecule has 1 atom stereocenters. The summed E-state index contributed by atoms with van der Waals surface area (Å²) in [5.74, 6) is 1.04. The molecule has 0 bridgehead atoms. The number of ether oxygens (including phenoxy) is 1. The van der Waals surface area contributed by atoms with Gasteiger partial charge in [0.25, 0.3) is 0 Å². The van der Waals surface area contributed by atoms with Crippen LogP contribution in [0.25, 0.3) is 10.2 Å². The Labute approximate surface area is 188 Å². The molecule has 0 aliphatic carbocycles. The van der Waals surface area contributed by atoms with Crippen molar-refractivity contribution >= 4 is 39.2 Å². The standard InChI is InChI=1S/C21H22N6O2S2/c1-14(20-22-17-6-4-5-7-18(17)31-20)26(2)19(28)13-30-21-23-24-25-27(21)12-15-8-10-16(29-3)11-9-15/h4-11,14H,12-13H2,1-3H3/t14-/m1/s1. The number of methoxy groups -OCH3 is 1. The molecule has 0 unspecified atom stereocenters. The Morgan fingerprint density at radius 2 is 2.00 bits per heavy atom.